The zero-order chi connectivity index (χ0) is 26.5. The van der Waals surface area contributed by atoms with Gasteiger partial charge in [-0.15, -0.1) is 0 Å². The molecule has 3 rings (SSSR count). The number of amides is 1. The van der Waals surface area contributed by atoms with E-state index >= 15 is 0 Å². The number of hydrogen-bond donors (Lipinski definition) is 3. The number of pyridine rings is 1. The number of ether oxygens (including phenoxy) is 2. The minimum absolute atomic E-state index is 0.00720. The van der Waals surface area contributed by atoms with Gasteiger partial charge in [0.25, 0.3) is 0 Å². The molecule has 10 heteroatoms. The summed E-state index contributed by atoms with van der Waals surface area (Å²) in [4.78, 5) is 31.0. The number of carboxylic acids is 1. The number of unbranched alkanes of at least 4 members (excludes halogenated alkanes) is 1. The second-order valence-corrected chi connectivity index (χ2v) is 10.2. The Morgan fingerprint density at radius 3 is 2.86 bits per heavy atom. The minimum Gasteiger partial charge on any atom is -0.480 e. The molecule has 1 aromatic rings. The van der Waals surface area contributed by atoms with Crippen molar-refractivity contribution in [2.24, 2.45) is 5.92 Å². The minimum atomic E-state index is -1.16. The average Bonchev–Trinajstić information content (AvgIpc) is 2.89. The molecule has 0 aromatic carbocycles. The van der Waals surface area contributed by atoms with E-state index in [-0.39, 0.29) is 31.4 Å². The third kappa shape index (κ3) is 10.5. The van der Waals surface area contributed by atoms with Gasteiger partial charge in [-0.1, -0.05) is 6.07 Å². The van der Waals surface area contributed by atoms with Crippen LogP contribution in [0.2, 0.25) is 0 Å². The van der Waals surface area contributed by atoms with Gasteiger partial charge in [0.05, 0.1) is 6.61 Å². The van der Waals surface area contributed by atoms with Gasteiger partial charge in [-0.25, -0.2) is 14.2 Å². The topological polar surface area (TPSA) is 113 Å². The maximum atomic E-state index is 14.4. The van der Waals surface area contributed by atoms with Crippen LogP contribution in [0.5, 0.6) is 0 Å². The molecule has 2 atom stereocenters. The highest BCUT2D eigenvalue weighted by Crippen LogP contribution is 2.21. The van der Waals surface area contributed by atoms with Crippen molar-refractivity contribution in [1.29, 1.82) is 0 Å². The number of methoxy groups -OCH3 is 1. The number of rotatable bonds is 16. The molecule has 208 valence electrons. The molecule has 0 saturated carbocycles. The summed E-state index contributed by atoms with van der Waals surface area (Å²) in [5.74, 6) is -0.105. The van der Waals surface area contributed by atoms with Crippen molar-refractivity contribution in [3.63, 3.8) is 0 Å². The summed E-state index contributed by atoms with van der Waals surface area (Å²) >= 11 is 0. The van der Waals surface area contributed by atoms with Crippen LogP contribution in [-0.4, -0.2) is 92.2 Å². The van der Waals surface area contributed by atoms with Crippen LogP contribution in [-0.2, 0) is 31.9 Å². The summed E-state index contributed by atoms with van der Waals surface area (Å²) < 4.78 is 24.6. The third-order valence-electron chi connectivity index (χ3n) is 7.10. The molecule has 3 heterocycles. The summed E-state index contributed by atoms with van der Waals surface area (Å²) in [6.07, 6.45) is 5.74. The van der Waals surface area contributed by atoms with Gasteiger partial charge in [-0.3, -0.25) is 4.79 Å². The van der Waals surface area contributed by atoms with Gasteiger partial charge in [0.15, 0.2) is 0 Å². The highest BCUT2D eigenvalue weighted by atomic mass is 19.1. The third-order valence-corrected chi connectivity index (χ3v) is 7.10. The summed E-state index contributed by atoms with van der Waals surface area (Å²) in [6, 6.07) is 3.24. The maximum absolute atomic E-state index is 14.4. The fraction of sp³-hybridized carbons (Fsp3) is 0.741. The first-order chi connectivity index (χ1) is 17.9. The molecule has 9 nitrogen and oxygen atoms in total. The van der Waals surface area contributed by atoms with Gasteiger partial charge in [-0.2, -0.15) is 0 Å². The second kappa shape index (κ2) is 15.8. The fourth-order valence-electron chi connectivity index (χ4n) is 4.99. The highest BCUT2D eigenvalue weighted by Gasteiger charge is 2.24. The van der Waals surface area contributed by atoms with Crippen LogP contribution in [0.1, 0.15) is 56.2 Å². The molecule has 0 aliphatic carbocycles. The largest absolute Gasteiger partial charge is 0.480 e. The Bertz CT molecular complexity index is 852. The van der Waals surface area contributed by atoms with E-state index in [1.54, 1.807) is 0 Å². The number of halogens is 1. The Hall–Kier alpha value is -2.30. The average molecular weight is 523 g/mol. The summed E-state index contributed by atoms with van der Waals surface area (Å²) in [6.45, 7) is 3.40. The van der Waals surface area contributed by atoms with E-state index in [1.807, 2.05) is 4.90 Å². The first-order valence-electron chi connectivity index (χ1n) is 13.6. The van der Waals surface area contributed by atoms with E-state index in [0.29, 0.717) is 32.7 Å². The molecule has 37 heavy (non-hydrogen) atoms. The molecule has 0 spiro atoms. The van der Waals surface area contributed by atoms with E-state index in [4.69, 9.17) is 14.5 Å². The fourth-order valence-corrected chi connectivity index (χ4v) is 4.99. The van der Waals surface area contributed by atoms with Crippen molar-refractivity contribution in [2.75, 3.05) is 58.4 Å². The number of nitrogens with one attached hydrogen (secondary N) is 2. The van der Waals surface area contributed by atoms with Gasteiger partial charge < -0.3 is 30.1 Å². The monoisotopic (exact) mass is 522 g/mol. The van der Waals surface area contributed by atoms with Crippen LogP contribution in [0.15, 0.2) is 12.1 Å². The number of hydrogen-bond acceptors (Lipinski definition) is 7. The Morgan fingerprint density at radius 1 is 1.30 bits per heavy atom. The zero-order valence-electron chi connectivity index (χ0n) is 22.1. The summed E-state index contributed by atoms with van der Waals surface area (Å²) in [7, 11) is 1.46. The number of carbonyl (C=O) groups is 2. The normalized spacial score (nSPS) is 17.6. The first-order valence-corrected chi connectivity index (χ1v) is 13.6. The van der Waals surface area contributed by atoms with Gasteiger partial charge in [-0.05, 0) is 75.5 Å². The zero-order valence-corrected chi connectivity index (χ0v) is 22.1. The smallest absolute Gasteiger partial charge is 0.326 e. The molecular weight excluding hydrogens is 479 g/mol. The van der Waals surface area contributed by atoms with Crippen molar-refractivity contribution in [2.45, 2.75) is 70.0 Å². The summed E-state index contributed by atoms with van der Waals surface area (Å²) in [5, 5.41) is 15.7. The molecule has 1 aromatic heterocycles. The van der Waals surface area contributed by atoms with Gasteiger partial charge in [0, 0.05) is 52.1 Å². The predicted molar refractivity (Wildman–Crippen MR) is 140 cm³/mol. The van der Waals surface area contributed by atoms with Crippen molar-refractivity contribution >= 4 is 17.7 Å². The lowest BCUT2D eigenvalue weighted by Gasteiger charge is -2.26. The Labute approximate surface area is 219 Å². The van der Waals surface area contributed by atoms with Crippen molar-refractivity contribution in [3.05, 3.63) is 23.4 Å². The van der Waals surface area contributed by atoms with Crippen molar-refractivity contribution in [3.8, 4) is 0 Å². The van der Waals surface area contributed by atoms with Crippen LogP contribution < -0.4 is 10.6 Å². The lowest BCUT2D eigenvalue weighted by Crippen LogP contribution is -2.44. The molecule has 3 N–H and O–H groups in total. The van der Waals surface area contributed by atoms with E-state index in [9.17, 15) is 19.1 Å². The molecule has 1 fully saturated rings. The quantitative estimate of drug-likeness (QED) is 0.284. The number of aliphatic carboxylic acids is 1. The number of aryl methyl sites for hydroxylation is 2. The maximum Gasteiger partial charge on any atom is 0.326 e. The van der Waals surface area contributed by atoms with Crippen molar-refractivity contribution in [1.82, 2.24) is 15.2 Å². The lowest BCUT2D eigenvalue weighted by molar-refractivity contribution is -0.142. The van der Waals surface area contributed by atoms with Crippen LogP contribution >= 0.6 is 0 Å². The van der Waals surface area contributed by atoms with E-state index in [1.165, 1.54) is 12.7 Å². The van der Waals surface area contributed by atoms with Gasteiger partial charge >= 0.3 is 5.97 Å². The number of carboxylic acid groups (broad SMARTS) is 1. The van der Waals surface area contributed by atoms with Crippen LogP contribution in [0.25, 0.3) is 0 Å². The molecule has 2 aliphatic heterocycles. The SMILES string of the molecule is COCC(F)CN(CCCCc1ccc2c(n1)NCCC2)CCC(NC(=O)CC1CCOCC1)C(=O)O. The first kappa shape index (κ1) is 29.3. The van der Waals surface area contributed by atoms with Gasteiger partial charge in [0.2, 0.25) is 5.91 Å². The number of nitrogens with zero attached hydrogens (tertiary/aromatic N) is 2. The van der Waals surface area contributed by atoms with E-state index in [2.05, 4.69) is 22.8 Å². The Kier molecular flexibility index (Phi) is 12.5. The van der Waals surface area contributed by atoms with E-state index < -0.39 is 18.2 Å². The highest BCUT2D eigenvalue weighted by molar-refractivity contribution is 5.83. The standard InChI is InChI=1S/C27H43FN4O5/c1-36-19-22(28)18-32(13-3-2-6-23-8-7-21-5-4-12-29-26(21)30-23)14-9-24(27(34)35)31-25(33)17-20-10-15-37-16-11-20/h7-8,20,22,24H,2-6,9-19H2,1H3,(H,29,30)(H,31,33)(H,34,35). The second-order valence-electron chi connectivity index (χ2n) is 10.2. The van der Waals surface area contributed by atoms with Crippen LogP contribution in [0, 0.1) is 5.92 Å². The number of aromatic nitrogens is 1. The number of carbonyl (C=O) groups excluding carboxylic acids is 1. The molecule has 0 bridgehead atoms. The number of alkyl halides is 1. The molecule has 1 amide bonds. The Balaban J connectivity index is 1.46. The number of anilines is 1. The molecule has 1 saturated heterocycles. The predicted octanol–water partition coefficient (Wildman–Crippen LogP) is 2.83. The number of fused-ring (bicyclic) bond motifs is 1. The summed E-state index contributed by atoms with van der Waals surface area (Å²) in [5.41, 5.74) is 2.31. The van der Waals surface area contributed by atoms with Crippen LogP contribution in [0.4, 0.5) is 10.2 Å². The lowest BCUT2D eigenvalue weighted by atomic mass is 9.96. The van der Waals surface area contributed by atoms with Gasteiger partial charge in [0.1, 0.15) is 18.0 Å². The molecular formula is C27H43FN4O5. The van der Waals surface area contributed by atoms with Crippen molar-refractivity contribution < 1.29 is 28.6 Å². The molecule has 2 unspecified atom stereocenters. The molecule has 0 radical (unpaired) electrons. The van der Waals surface area contributed by atoms with E-state index in [0.717, 1.165) is 63.0 Å². The Morgan fingerprint density at radius 2 is 2.11 bits per heavy atom. The van der Waals surface area contributed by atoms with Crippen LogP contribution in [0.3, 0.4) is 0 Å². The molecule has 2 aliphatic rings.